The summed E-state index contributed by atoms with van der Waals surface area (Å²) in [7, 11) is 0. The molecule has 7 heteroatoms. The van der Waals surface area contributed by atoms with Gasteiger partial charge in [0.05, 0.1) is 56.7 Å². The quantitative estimate of drug-likeness (QED) is 0.159. The lowest BCUT2D eigenvalue weighted by atomic mass is 10.0. The van der Waals surface area contributed by atoms with Gasteiger partial charge in [-0.15, -0.1) is 0 Å². The lowest BCUT2D eigenvalue weighted by Gasteiger charge is -2.17. The maximum absolute atomic E-state index is 10.4. The van der Waals surface area contributed by atoms with E-state index in [4.69, 9.17) is 15.0 Å². The van der Waals surface area contributed by atoms with Crippen molar-refractivity contribution in [2.24, 2.45) is 0 Å². The van der Waals surface area contributed by atoms with Gasteiger partial charge in [0.1, 0.15) is 0 Å². The number of aromatic nitrogens is 5. The Morgan fingerprint density at radius 3 is 1.19 bits per heavy atom. The standard InChI is InChI=1S/C61H39N7/c1-38-16-22-42(23-17-38)45-26-30-55-49(34-45)47-12-6-8-14-53(47)67(55)57-28-20-40(36-62)32-51(57)60-64-59(44-10-4-3-5-11-44)65-61(66-60)52-33-41(37-63)21-29-58(52)68-54-15-9-7-13-48(54)50-35-46(27-31-56(50)68)43-24-18-39(2)19-25-43/h3-35H,1-2H3. The maximum atomic E-state index is 10.4. The topological polar surface area (TPSA) is 96.1 Å². The first-order valence-electron chi connectivity index (χ1n) is 22.5. The van der Waals surface area contributed by atoms with Crippen molar-refractivity contribution < 1.29 is 0 Å². The second-order valence-electron chi connectivity index (χ2n) is 17.3. The van der Waals surface area contributed by atoms with E-state index < -0.39 is 0 Å². The van der Waals surface area contributed by atoms with Gasteiger partial charge >= 0.3 is 0 Å². The highest BCUT2D eigenvalue weighted by atomic mass is 15.1. The number of hydrogen-bond donors (Lipinski definition) is 0. The molecule has 0 radical (unpaired) electrons. The molecule has 12 aromatic rings. The van der Waals surface area contributed by atoms with E-state index in [-0.39, 0.29) is 0 Å². The normalized spacial score (nSPS) is 11.4. The van der Waals surface area contributed by atoms with E-state index in [9.17, 15) is 10.5 Å². The third-order valence-corrected chi connectivity index (χ3v) is 13.0. The van der Waals surface area contributed by atoms with Crippen LogP contribution in [0.2, 0.25) is 0 Å². The molecule has 3 aromatic heterocycles. The predicted octanol–water partition coefficient (Wildman–Crippen LogP) is 14.8. The summed E-state index contributed by atoms with van der Waals surface area (Å²) in [5.74, 6) is 1.24. The van der Waals surface area contributed by atoms with E-state index in [0.29, 0.717) is 39.7 Å². The first kappa shape index (κ1) is 40.1. The van der Waals surface area contributed by atoms with Crippen molar-refractivity contribution in [3.05, 3.63) is 222 Å². The molecule has 0 aliphatic carbocycles. The Kier molecular flexibility index (Phi) is 9.57. The number of para-hydroxylation sites is 2. The molecule has 0 amide bonds. The molecule has 318 valence electrons. The Bertz CT molecular complexity index is 3810. The Morgan fingerprint density at radius 2 is 0.735 bits per heavy atom. The Labute approximate surface area is 392 Å². The summed E-state index contributed by atoms with van der Waals surface area (Å²) in [6.45, 7) is 4.20. The number of rotatable bonds is 7. The molecule has 0 fully saturated rings. The molecule has 0 spiro atoms. The van der Waals surface area contributed by atoms with Gasteiger partial charge in [0.25, 0.3) is 0 Å². The average molecular weight is 870 g/mol. The SMILES string of the molecule is Cc1ccc(-c2ccc3c(c2)c2ccccc2n3-c2ccc(C#N)cc2-c2nc(-c3ccccc3)nc(-c3cc(C#N)ccc3-n3c4ccccc4c4cc(-c5ccc(C)cc5)ccc43)n2)cc1. The smallest absolute Gasteiger partial charge is 0.166 e. The maximum Gasteiger partial charge on any atom is 0.166 e. The Balaban J connectivity index is 1.10. The molecule has 0 aliphatic rings. The number of nitrogens with zero attached hydrogens (tertiary/aromatic N) is 7. The molecule has 0 saturated carbocycles. The predicted molar refractivity (Wildman–Crippen MR) is 275 cm³/mol. The van der Waals surface area contributed by atoms with E-state index in [0.717, 1.165) is 82.8 Å². The van der Waals surface area contributed by atoms with E-state index in [1.165, 1.54) is 11.1 Å². The number of benzene rings is 9. The summed E-state index contributed by atoms with van der Waals surface area (Å²) in [6.07, 6.45) is 0. The average Bonchev–Trinajstić information content (AvgIpc) is 3.91. The molecular weight excluding hydrogens is 831 g/mol. The largest absolute Gasteiger partial charge is 0.308 e. The van der Waals surface area contributed by atoms with Gasteiger partial charge in [0.15, 0.2) is 17.5 Å². The zero-order chi connectivity index (χ0) is 45.9. The van der Waals surface area contributed by atoms with Crippen molar-refractivity contribution in [1.82, 2.24) is 24.1 Å². The highest BCUT2D eigenvalue weighted by molar-refractivity contribution is 6.12. The van der Waals surface area contributed by atoms with Gasteiger partial charge in [-0.05, 0) is 109 Å². The zero-order valence-corrected chi connectivity index (χ0v) is 37.2. The van der Waals surface area contributed by atoms with Crippen LogP contribution in [0.25, 0.3) is 111 Å². The molecule has 0 aliphatic heterocycles. The summed E-state index contributed by atoms with van der Waals surface area (Å²) < 4.78 is 4.49. The molecule has 3 heterocycles. The molecule has 68 heavy (non-hydrogen) atoms. The molecule has 12 rings (SSSR count). The first-order chi connectivity index (χ1) is 33.4. The summed E-state index contributed by atoms with van der Waals surface area (Å²) in [4.78, 5) is 15.8. The minimum Gasteiger partial charge on any atom is -0.308 e. The van der Waals surface area contributed by atoms with Crippen LogP contribution in [0.3, 0.4) is 0 Å². The Morgan fingerprint density at radius 1 is 0.338 bits per heavy atom. The van der Waals surface area contributed by atoms with E-state index >= 15 is 0 Å². The third kappa shape index (κ3) is 6.78. The van der Waals surface area contributed by atoms with Gasteiger partial charge < -0.3 is 9.13 Å². The van der Waals surface area contributed by atoms with Crippen LogP contribution in [0.1, 0.15) is 22.3 Å². The van der Waals surface area contributed by atoms with Crippen LogP contribution >= 0.6 is 0 Å². The van der Waals surface area contributed by atoms with Crippen molar-refractivity contribution in [1.29, 1.82) is 10.5 Å². The van der Waals surface area contributed by atoms with E-state index in [1.807, 2.05) is 66.7 Å². The van der Waals surface area contributed by atoms with Crippen LogP contribution < -0.4 is 0 Å². The highest BCUT2D eigenvalue weighted by Gasteiger charge is 2.23. The second-order valence-corrected chi connectivity index (χ2v) is 17.3. The lowest BCUT2D eigenvalue weighted by molar-refractivity contribution is 1.06. The van der Waals surface area contributed by atoms with E-state index in [2.05, 4.69) is 169 Å². The van der Waals surface area contributed by atoms with Gasteiger partial charge in [0, 0.05) is 38.2 Å². The molecular formula is C61H39N7. The zero-order valence-electron chi connectivity index (χ0n) is 37.2. The van der Waals surface area contributed by atoms with Crippen LogP contribution in [-0.2, 0) is 0 Å². The fourth-order valence-electron chi connectivity index (χ4n) is 9.61. The minimum absolute atomic E-state index is 0.390. The van der Waals surface area contributed by atoms with Gasteiger partial charge in [-0.25, -0.2) is 15.0 Å². The molecule has 9 aromatic carbocycles. The van der Waals surface area contributed by atoms with Crippen molar-refractivity contribution in [2.75, 3.05) is 0 Å². The van der Waals surface area contributed by atoms with Crippen molar-refractivity contribution >= 4 is 43.6 Å². The molecule has 7 nitrogen and oxygen atoms in total. The third-order valence-electron chi connectivity index (χ3n) is 13.0. The van der Waals surface area contributed by atoms with Crippen molar-refractivity contribution in [3.63, 3.8) is 0 Å². The van der Waals surface area contributed by atoms with Gasteiger partial charge in [-0.1, -0.05) is 139 Å². The van der Waals surface area contributed by atoms with Crippen LogP contribution in [0.4, 0.5) is 0 Å². The molecule has 0 saturated heterocycles. The fraction of sp³-hybridized carbons (Fsp3) is 0.0328. The molecule has 0 bridgehead atoms. The van der Waals surface area contributed by atoms with E-state index in [1.54, 1.807) is 0 Å². The molecule has 0 atom stereocenters. The van der Waals surface area contributed by atoms with Crippen molar-refractivity contribution in [2.45, 2.75) is 13.8 Å². The van der Waals surface area contributed by atoms with Crippen LogP contribution in [0.15, 0.2) is 200 Å². The van der Waals surface area contributed by atoms with Crippen LogP contribution in [0.5, 0.6) is 0 Å². The summed E-state index contributed by atoms with van der Waals surface area (Å²) in [6, 6.07) is 73.3. The Hall–Kier alpha value is -9.43. The first-order valence-corrected chi connectivity index (χ1v) is 22.5. The molecule has 0 unspecified atom stereocenters. The summed E-state index contributed by atoms with van der Waals surface area (Å²) in [5.41, 5.74) is 15.7. The summed E-state index contributed by atoms with van der Waals surface area (Å²) in [5, 5.41) is 25.2. The van der Waals surface area contributed by atoms with Gasteiger partial charge in [-0.2, -0.15) is 10.5 Å². The summed E-state index contributed by atoms with van der Waals surface area (Å²) >= 11 is 0. The minimum atomic E-state index is 0.390. The highest BCUT2D eigenvalue weighted by Crippen LogP contribution is 2.41. The fourth-order valence-corrected chi connectivity index (χ4v) is 9.61. The monoisotopic (exact) mass is 869 g/mol. The number of fused-ring (bicyclic) bond motifs is 6. The van der Waals surface area contributed by atoms with Gasteiger partial charge in [-0.3, -0.25) is 0 Å². The van der Waals surface area contributed by atoms with Crippen molar-refractivity contribution in [3.8, 4) is 79.9 Å². The number of aryl methyl sites for hydroxylation is 2. The second kappa shape index (κ2) is 16.2. The number of hydrogen-bond acceptors (Lipinski definition) is 5. The van der Waals surface area contributed by atoms with Gasteiger partial charge in [0.2, 0.25) is 0 Å². The number of nitriles is 2. The van der Waals surface area contributed by atoms with Crippen LogP contribution in [-0.4, -0.2) is 24.1 Å². The van der Waals surface area contributed by atoms with Crippen LogP contribution in [0, 0.1) is 36.5 Å². The molecule has 0 N–H and O–H groups in total. The lowest BCUT2D eigenvalue weighted by Crippen LogP contribution is -2.06.